The largest absolute Gasteiger partial charge is 0.481 e. The molecule has 0 aromatic carbocycles. The van der Waals surface area contributed by atoms with Crippen molar-refractivity contribution in [2.75, 3.05) is 0 Å². The van der Waals surface area contributed by atoms with Crippen LogP contribution < -0.4 is 0 Å². The summed E-state index contributed by atoms with van der Waals surface area (Å²) in [6.45, 7) is 0. The highest BCUT2D eigenvalue weighted by Crippen LogP contribution is 2.45. The van der Waals surface area contributed by atoms with Crippen molar-refractivity contribution in [1.29, 1.82) is 0 Å². The summed E-state index contributed by atoms with van der Waals surface area (Å²) in [5, 5.41) is 9.31. The van der Waals surface area contributed by atoms with E-state index in [2.05, 4.69) is 4.98 Å². The highest BCUT2D eigenvalue weighted by atomic mass is 32.2. The first kappa shape index (κ1) is 6.18. The van der Waals surface area contributed by atoms with Crippen LogP contribution in [0.15, 0.2) is 9.37 Å². The predicted octanol–water partition coefficient (Wildman–Crippen LogP) is 1.23. The molecule has 2 bridgehead atoms. The molecular weight excluding hydrogens is 170 g/mol. The van der Waals surface area contributed by atoms with Gasteiger partial charge < -0.3 is 5.11 Å². The molecule has 3 heterocycles. The van der Waals surface area contributed by atoms with Gasteiger partial charge in [-0.2, -0.15) is 0 Å². The summed E-state index contributed by atoms with van der Waals surface area (Å²) >= 11 is 3.05. The van der Waals surface area contributed by atoms with Gasteiger partial charge in [0.15, 0.2) is 4.34 Å². The van der Waals surface area contributed by atoms with Gasteiger partial charge in [-0.1, -0.05) is 0 Å². The first-order chi connectivity index (χ1) is 4.75. The molecule has 0 fully saturated rings. The van der Waals surface area contributed by atoms with Crippen LogP contribution in [-0.2, 0) is 11.2 Å². The van der Waals surface area contributed by atoms with Gasteiger partial charge in [-0.25, -0.2) is 4.98 Å². The summed E-state index contributed by atoms with van der Waals surface area (Å²) in [5.41, 5.74) is 0. The zero-order valence-corrected chi connectivity index (χ0v) is 6.46. The number of carboxylic acid groups (broad SMARTS) is 1. The Balaban J connectivity index is 2.22. The quantitative estimate of drug-likeness (QED) is 0.742. The summed E-state index contributed by atoms with van der Waals surface area (Å²) in [6, 6.07) is 0. The van der Waals surface area contributed by atoms with Crippen molar-refractivity contribution in [3.63, 3.8) is 0 Å². The third kappa shape index (κ3) is 0.819. The lowest BCUT2D eigenvalue weighted by Gasteiger charge is -1.97. The van der Waals surface area contributed by atoms with E-state index < -0.39 is 5.97 Å². The van der Waals surface area contributed by atoms with E-state index in [-0.39, 0.29) is 6.42 Å². The van der Waals surface area contributed by atoms with Gasteiger partial charge in [0.25, 0.3) is 0 Å². The molecule has 1 aromatic rings. The van der Waals surface area contributed by atoms with Crippen LogP contribution in [0.3, 0.4) is 0 Å². The molecule has 1 aromatic heterocycles. The smallest absolute Gasteiger partial charge is 0.308 e. The van der Waals surface area contributed by atoms with E-state index in [9.17, 15) is 4.79 Å². The molecule has 3 rings (SSSR count). The average molecular weight is 173 g/mol. The molecule has 5 heteroatoms. The first-order valence-electron chi connectivity index (χ1n) is 2.65. The fraction of sp³-hybridized carbons (Fsp3) is 0.200. The Bertz CT molecular complexity index is 294. The molecule has 0 saturated heterocycles. The Morgan fingerprint density at radius 1 is 1.70 bits per heavy atom. The van der Waals surface area contributed by atoms with E-state index >= 15 is 0 Å². The normalized spacial score (nSPS) is 12.8. The Labute approximate surface area is 65.1 Å². The number of hydrogen-bond acceptors (Lipinski definition) is 4. The van der Waals surface area contributed by atoms with Crippen LogP contribution >= 0.6 is 23.1 Å². The van der Waals surface area contributed by atoms with Crippen LogP contribution in [0.4, 0.5) is 0 Å². The molecule has 0 unspecified atom stereocenters. The van der Waals surface area contributed by atoms with Gasteiger partial charge in [0.05, 0.1) is 11.3 Å². The molecule has 10 heavy (non-hydrogen) atoms. The third-order valence-corrected chi connectivity index (χ3v) is 3.41. The van der Waals surface area contributed by atoms with Crippen molar-refractivity contribution < 1.29 is 9.90 Å². The summed E-state index contributed by atoms with van der Waals surface area (Å²) in [4.78, 5) is 15.1. The van der Waals surface area contributed by atoms with Gasteiger partial charge in [0.2, 0.25) is 0 Å². The maximum atomic E-state index is 10.2. The van der Waals surface area contributed by atoms with Gasteiger partial charge >= 0.3 is 5.97 Å². The highest BCUT2D eigenvalue weighted by molar-refractivity contribution is 8.02. The van der Waals surface area contributed by atoms with Crippen LogP contribution in [0.5, 0.6) is 0 Å². The van der Waals surface area contributed by atoms with Crippen LogP contribution in [0, 0.1) is 0 Å². The maximum absolute atomic E-state index is 10.2. The lowest BCUT2D eigenvalue weighted by Crippen LogP contribution is -1.98. The van der Waals surface area contributed by atoms with Crippen LogP contribution in [0.1, 0.15) is 4.88 Å². The minimum absolute atomic E-state index is 0.125. The number of aliphatic carboxylic acids is 1. The number of fused-ring (bicyclic) bond motifs is 1. The van der Waals surface area contributed by atoms with Crippen LogP contribution in [-0.4, -0.2) is 16.1 Å². The van der Waals surface area contributed by atoms with E-state index in [1.807, 2.05) is 0 Å². The fourth-order valence-electron chi connectivity index (χ4n) is 0.733. The Hall–Kier alpha value is -0.550. The topological polar surface area (TPSA) is 50.2 Å². The minimum atomic E-state index is -0.779. The van der Waals surface area contributed by atoms with E-state index in [1.165, 1.54) is 11.3 Å². The van der Waals surface area contributed by atoms with Crippen LogP contribution in [0.2, 0.25) is 0 Å². The number of hydrogen-bond donors (Lipinski definition) is 1. The number of carbonyl (C=O) groups is 1. The van der Waals surface area contributed by atoms with Crippen molar-refractivity contribution in [3.05, 3.63) is 4.88 Å². The summed E-state index contributed by atoms with van der Waals surface area (Å²) in [7, 11) is 0. The SMILES string of the molecule is O=C(O)Cc1sc2nc1S2. The van der Waals surface area contributed by atoms with Gasteiger partial charge in [-0.05, 0) is 11.8 Å². The summed E-state index contributed by atoms with van der Waals surface area (Å²) in [5.74, 6) is -0.779. The van der Waals surface area contributed by atoms with E-state index in [0.29, 0.717) is 0 Å². The number of thiazole rings is 1. The molecule has 0 atom stereocenters. The number of rotatable bonds is 2. The van der Waals surface area contributed by atoms with Crippen molar-refractivity contribution >= 4 is 29.1 Å². The van der Waals surface area contributed by atoms with Crippen molar-refractivity contribution in [3.8, 4) is 0 Å². The second-order valence-corrected chi connectivity index (χ2v) is 4.20. The Morgan fingerprint density at radius 3 is 2.80 bits per heavy atom. The van der Waals surface area contributed by atoms with Gasteiger partial charge in [0, 0.05) is 0 Å². The lowest BCUT2D eigenvalue weighted by atomic mass is 10.4. The Kier molecular flexibility index (Phi) is 1.21. The minimum Gasteiger partial charge on any atom is -0.481 e. The van der Waals surface area contributed by atoms with Gasteiger partial charge in [-0.3, -0.25) is 4.79 Å². The number of carboxylic acids is 1. The third-order valence-electron chi connectivity index (χ3n) is 1.14. The molecule has 0 spiro atoms. The van der Waals surface area contributed by atoms with E-state index in [0.717, 1.165) is 14.2 Å². The lowest BCUT2D eigenvalue weighted by molar-refractivity contribution is -0.136. The van der Waals surface area contributed by atoms with E-state index in [1.54, 1.807) is 11.8 Å². The Morgan fingerprint density at radius 2 is 2.40 bits per heavy atom. The molecule has 0 amide bonds. The molecule has 52 valence electrons. The van der Waals surface area contributed by atoms with Crippen molar-refractivity contribution in [2.45, 2.75) is 15.8 Å². The monoisotopic (exact) mass is 173 g/mol. The zero-order valence-electron chi connectivity index (χ0n) is 4.83. The standard InChI is InChI=1S/C5H3NO2S2/c7-3(8)1-2-4-6-5(9-2)10-4/h1H2,(H,7,8). The van der Waals surface area contributed by atoms with Crippen molar-refractivity contribution in [1.82, 2.24) is 4.98 Å². The molecule has 0 saturated carbocycles. The predicted molar refractivity (Wildman–Crippen MR) is 37.6 cm³/mol. The van der Waals surface area contributed by atoms with Gasteiger partial charge in [-0.15, -0.1) is 11.3 Å². The number of aromatic nitrogens is 1. The number of nitrogens with zero attached hydrogens (tertiary/aromatic N) is 1. The van der Waals surface area contributed by atoms with Crippen LogP contribution in [0.25, 0.3) is 0 Å². The molecule has 3 nitrogen and oxygen atoms in total. The average Bonchev–Trinajstić information content (AvgIpc) is 2.16. The molecule has 0 aliphatic carbocycles. The fourth-order valence-corrected chi connectivity index (χ4v) is 2.92. The molecular formula is C5H3NO2S2. The molecule has 2 aliphatic heterocycles. The second kappa shape index (κ2) is 1.96. The highest BCUT2D eigenvalue weighted by Gasteiger charge is 2.23. The zero-order chi connectivity index (χ0) is 7.14. The molecule has 2 aliphatic rings. The van der Waals surface area contributed by atoms with E-state index in [4.69, 9.17) is 5.11 Å². The molecule has 1 N–H and O–H groups in total. The summed E-state index contributed by atoms with van der Waals surface area (Å²) < 4.78 is 0.992. The first-order valence-corrected chi connectivity index (χ1v) is 4.28. The molecule has 0 radical (unpaired) electrons. The second-order valence-electron chi connectivity index (χ2n) is 1.88. The van der Waals surface area contributed by atoms with Crippen molar-refractivity contribution in [2.24, 2.45) is 0 Å². The van der Waals surface area contributed by atoms with Gasteiger partial charge in [0.1, 0.15) is 5.03 Å². The summed E-state index contributed by atoms with van der Waals surface area (Å²) in [6.07, 6.45) is 0.125. The maximum Gasteiger partial charge on any atom is 0.308 e.